The van der Waals surface area contributed by atoms with E-state index in [-0.39, 0.29) is 12.1 Å². The predicted molar refractivity (Wildman–Crippen MR) is 88.9 cm³/mol. The fourth-order valence-corrected chi connectivity index (χ4v) is 3.10. The second-order valence-corrected chi connectivity index (χ2v) is 6.45. The first kappa shape index (κ1) is 15.8. The van der Waals surface area contributed by atoms with Gasteiger partial charge in [0.1, 0.15) is 0 Å². The number of rotatable bonds is 5. The summed E-state index contributed by atoms with van der Waals surface area (Å²) in [6.45, 7) is 4.21. The lowest BCUT2D eigenvalue weighted by atomic mass is 10.1. The average Bonchev–Trinajstić information content (AvgIpc) is 2.85. The topological polar surface area (TPSA) is 67.2 Å². The van der Waals surface area contributed by atoms with Gasteiger partial charge in [-0.25, -0.2) is 4.79 Å². The van der Waals surface area contributed by atoms with E-state index in [1.807, 2.05) is 30.3 Å². The van der Waals surface area contributed by atoms with Gasteiger partial charge in [-0.2, -0.15) is 0 Å². The summed E-state index contributed by atoms with van der Waals surface area (Å²) in [7, 11) is 0. The fourth-order valence-electron chi connectivity index (χ4n) is 2.12. The lowest BCUT2D eigenvalue weighted by molar-refractivity contribution is 0.259. The minimum absolute atomic E-state index is 0.182. The third-order valence-electron chi connectivity index (χ3n) is 3.27. The first-order valence-corrected chi connectivity index (χ1v) is 7.88. The Hall–Kier alpha value is -1.56. The highest BCUT2D eigenvalue weighted by atomic mass is 35.5. The number of hydrogen-bond acceptors (Lipinski definition) is 3. The molecule has 4 N–H and O–H groups in total. The summed E-state index contributed by atoms with van der Waals surface area (Å²) in [6, 6.07) is 9.43. The van der Waals surface area contributed by atoms with Gasteiger partial charge in [0, 0.05) is 17.8 Å². The van der Waals surface area contributed by atoms with E-state index in [2.05, 4.69) is 29.9 Å². The first-order chi connectivity index (χ1) is 9.95. The lowest BCUT2D eigenvalue weighted by Gasteiger charge is -2.20. The van der Waals surface area contributed by atoms with Crippen LogP contribution in [0.5, 0.6) is 0 Å². The van der Waals surface area contributed by atoms with Crippen molar-refractivity contribution < 1.29 is 4.79 Å². The summed E-state index contributed by atoms with van der Waals surface area (Å²) in [4.78, 5) is 10.8. The molecule has 0 aliphatic heterocycles. The number of amides is 2. The van der Waals surface area contributed by atoms with Gasteiger partial charge in [0.2, 0.25) is 0 Å². The number of thiophene rings is 1. The minimum atomic E-state index is -0.558. The molecule has 0 fully saturated rings. The Morgan fingerprint density at radius 2 is 1.81 bits per heavy atom. The monoisotopic (exact) mass is 323 g/mol. The van der Waals surface area contributed by atoms with E-state index >= 15 is 0 Å². The Morgan fingerprint density at radius 1 is 1.19 bits per heavy atom. The summed E-state index contributed by atoms with van der Waals surface area (Å²) in [5.41, 5.74) is 8.09. The second-order valence-electron chi connectivity index (χ2n) is 4.91. The maximum absolute atomic E-state index is 10.8. The number of hydrogen-bond donors (Lipinski definition) is 3. The molecule has 21 heavy (non-hydrogen) atoms. The first-order valence-electron chi connectivity index (χ1n) is 6.62. The van der Waals surface area contributed by atoms with Gasteiger partial charge in [0.05, 0.1) is 4.34 Å². The summed E-state index contributed by atoms with van der Waals surface area (Å²) < 4.78 is 0.799. The molecule has 2 atom stereocenters. The van der Waals surface area contributed by atoms with Crippen LogP contribution in [-0.2, 0) is 0 Å². The summed E-state index contributed by atoms with van der Waals surface area (Å²) >= 11 is 7.50. The van der Waals surface area contributed by atoms with Crippen molar-refractivity contribution in [2.24, 2.45) is 5.73 Å². The Bertz CT molecular complexity index is 612. The van der Waals surface area contributed by atoms with Crippen molar-refractivity contribution in [1.82, 2.24) is 5.32 Å². The number of nitrogens with two attached hydrogens (primary N) is 1. The molecule has 0 saturated heterocycles. The normalized spacial score (nSPS) is 13.7. The average molecular weight is 324 g/mol. The van der Waals surface area contributed by atoms with E-state index in [4.69, 9.17) is 17.3 Å². The molecule has 2 aromatic rings. The highest BCUT2D eigenvalue weighted by Gasteiger charge is 2.12. The van der Waals surface area contributed by atoms with Crippen molar-refractivity contribution in [1.29, 1.82) is 0 Å². The zero-order valence-corrected chi connectivity index (χ0v) is 13.5. The van der Waals surface area contributed by atoms with Crippen molar-refractivity contribution in [2.45, 2.75) is 25.9 Å². The Kier molecular flexibility index (Phi) is 5.22. The lowest BCUT2D eigenvalue weighted by Crippen LogP contribution is -2.22. The molecular formula is C15H18ClN3OS. The SMILES string of the molecule is CC(NC(C)c1csc(Cl)c1)c1ccc(NC(N)=O)cc1. The van der Waals surface area contributed by atoms with E-state index in [9.17, 15) is 4.79 Å². The number of carbonyl (C=O) groups excluding carboxylic acids is 1. The second kappa shape index (κ2) is 6.93. The van der Waals surface area contributed by atoms with Crippen molar-refractivity contribution >= 4 is 34.7 Å². The molecule has 0 radical (unpaired) electrons. The third kappa shape index (κ3) is 4.46. The number of urea groups is 1. The van der Waals surface area contributed by atoms with Crippen LogP contribution in [0.4, 0.5) is 10.5 Å². The number of anilines is 1. The van der Waals surface area contributed by atoms with E-state index in [1.165, 1.54) is 16.9 Å². The van der Waals surface area contributed by atoms with Crippen LogP contribution >= 0.6 is 22.9 Å². The fraction of sp³-hybridized carbons (Fsp3) is 0.267. The van der Waals surface area contributed by atoms with Crippen LogP contribution in [0.15, 0.2) is 35.7 Å². The van der Waals surface area contributed by atoms with Crippen LogP contribution in [-0.4, -0.2) is 6.03 Å². The highest BCUT2D eigenvalue weighted by molar-refractivity contribution is 7.14. The standard InChI is InChI=1S/C15H18ClN3OS/c1-9(18-10(2)12-7-14(16)21-8-12)11-3-5-13(6-4-11)19-15(17)20/h3-10,18H,1-2H3,(H3,17,19,20). The number of benzene rings is 1. The molecule has 1 heterocycles. The Morgan fingerprint density at radius 3 is 2.33 bits per heavy atom. The molecule has 4 nitrogen and oxygen atoms in total. The Balaban J connectivity index is 1.99. The van der Waals surface area contributed by atoms with Gasteiger partial charge in [-0.1, -0.05) is 23.7 Å². The molecule has 0 spiro atoms. The van der Waals surface area contributed by atoms with E-state index in [0.29, 0.717) is 5.69 Å². The molecule has 0 bridgehead atoms. The van der Waals surface area contributed by atoms with Gasteiger partial charge in [-0.15, -0.1) is 11.3 Å². The maximum atomic E-state index is 10.8. The van der Waals surface area contributed by atoms with Gasteiger partial charge in [0.25, 0.3) is 0 Å². The number of nitrogens with one attached hydrogen (secondary N) is 2. The molecule has 112 valence electrons. The number of primary amides is 1. The maximum Gasteiger partial charge on any atom is 0.316 e. The van der Waals surface area contributed by atoms with Crippen LogP contribution in [0, 0.1) is 0 Å². The summed E-state index contributed by atoms with van der Waals surface area (Å²) in [6.07, 6.45) is 0. The largest absolute Gasteiger partial charge is 0.351 e. The zero-order chi connectivity index (χ0) is 15.4. The van der Waals surface area contributed by atoms with Crippen molar-refractivity contribution in [2.75, 3.05) is 5.32 Å². The van der Waals surface area contributed by atoms with Crippen LogP contribution in [0.25, 0.3) is 0 Å². The molecule has 1 aromatic carbocycles. The third-order valence-corrected chi connectivity index (χ3v) is 4.38. The van der Waals surface area contributed by atoms with Crippen LogP contribution in [0.1, 0.15) is 37.1 Å². The quantitative estimate of drug-likeness (QED) is 0.767. The van der Waals surface area contributed by atoms with E-state index in [0.717, 1.165) is 9.90 Å². The van der Waals surface area contributed by atoms with E-state index in [1.54, 1.807) is 0 Å². The molecule has 1 aromatic heterocycles. The number of carbonyl (C=O) groups is 1. The van der Waals surface area contributed by atoms with E-state index < -0.39 is 6.03 Å². The molecule has 0 aliphatic rings. The molecule has 2 unspecified atom stereocenters. The highest BCUT2D eigenvalue weighted by Crippen LogP contribution is 2.26. The molecule has 2 amide bonds. The van der Waals surface area contributed by atoms with Gasteiger partial charge in [-0.3, -0.25) is 0 Å². The van der Waals surface area contributed by atoms with Gasteiger partial charge >= 0.3 is 6.03 Å². The van der Waals surface area contributed by atoms with Crippen LogP contribution in [0.2, 0.25) is 4.34 Å². The smallest absolute Gasteiger partial charge is 0.316 e. The summed E-state index contributed by atoms with van der Waals surface area (Å²) in [5.74, 6) is 0. The molecule has 2 rings (SSSR count). The van der Waals surface area contributed by atoms with Crippen molar-refractivity contribution in [3.05, 3.63) is 51.2 Å². The van der Waals surface area contributed by atoms with Gasteiger partial charge < -0.3 is 16.4 Å². The van der Waals surface area contributed by atoms with Gasteiger partial charge in [0.15, 0.2) is 0 Å². The molecule has 0 aliphatic carbocycles. The molecule has 6 heteroatoms. The van der Waals surface area contributed by atoms with Crippen molar-refractivity contribution in [3.8, 4) is 0 Å². The van der Waals surface area contributed by atoms with Crippen LogP contribution < -0.4 is 16.4 Å². The summed E-state index contributed by atoms with van der Waals surface area (Å²) in [5, 5.41) is 8.13. The van der Waals surface area contributed by atoms with Gasteiger partial charge in [-0.05, 0) is 48.6 Å². The number of halogens is 1. The van der Waals surface area contributed by atoms with Crippen LogP contribution in [0.3, 0.4) is 0 Å². The van der Waals surface area contributed by atoms with Crippen molar-refractivity contribution in [3.63, 3.8) is 0 Å². The molecule has 0 saturated carbocycles. The predicted octanol–water partition coefficient (Wildman–Crippen LogP) is 4.30. The zero-order valence-electron chi connectivity index (χ0n) is 11.9. The Labute approximate surface area is 133 Å². The minimum Gasteiger partial charge on any atom is -0.351 e. The molecular weight excluding hydrogens is 306 g/mol.